The van der Waals surface area contributed by atoms with Crippen LogP contribution in [-0.2, 0) is 27.2 Å². The topological polar surface area (TPSA) is 101 Å². The first-order chi connectivity index (χ1) is 13.7. The zero-order valence-electron chi connectivity index (χ0n) is 17.0. The van der Waals surface area contributed by atoms with E-state index in [-0.39, 0.29) is 12.5 Å². The maximum atomic E-state index is 12.2. The van der Waals surface area contributed by atoms with Crippen LogP contribution >= 0.6 is 11.3 Å². The number of anilines is 2. The molecule has 0 aliphatic heterocycles. The van der Waals surface area contributed by atoms with Crippen LogP contribution in [0.25, 0.3) is 0 Å². The number of aryl methyl sites for hydroxylation is 2. The first kappa shape index (κ1) is 22.4. The Morgan fingerprint density at radius 1 is 1.21 bits per heavy atom. The number of nitrogens with zero attached hydrogens (tertiary/aromatic N) is 2. The minimum atomic E-state index is -0.654. The van der Waals surface area contributed by atoms with E-state index in [4.69, 9.17) is 4.74 Å². The van der Waals surface area contributed by atoms with E-state index in [0.717, 1.165) is 29.1 Å². The largest absolute Gasteiger partial charge is 0.442 e. The third-order valence-corrected chi connectivity index (χ3v) is 4.40. The lowest BCUT2D eigenvalue weighted by Gasteiger charge is -2.27. The van der Waals surface area contributed by atoms with Gasteiger partial charge < -0.3 is 14.8 Å². The normalized spacial score (nSPS) is 10.9. The van der Waals surface area contributed by atoms with Crippen molar-refractivity contribution in [1.82, 2.24) is 9.99 Å². The maximum Gasteiger partial charge on any atom is 0.429 e. The molecule has 0 aliphatic carbocycles. The Morgan fingerprint density at radius 2 is 1.90 bits per heavy atom. The van der Waals surface area contributed by atoms with Gasteiger partial charge in [0.05, 0.1) is 11.4 Å². The van der Waals surface area contributed by atoms with Crippen molar-refractivity contribution in [2.24, 2.45) is 0 Å². The number of amides is 2. The number of benzene rings is 1. The van der Waals surface area contributed by atoms with E-state index in [2.05, 4.69) is 15.7 Å². The van der Waals surface area contributed by atoms with Crippen LogP contribution in [0, 0.1) is 0 Å². The zero-order chi connectivity index (χ0) is 21.4. The van der Waals surface area contributed by atoms with Gasteiger partial charge in [0.15, 0.2) is 5.13 Å². The predicted molar refractivity (Wildman–Crippen MR) is 113 cm³/mol. The summed E-state index contributed by atoms with van der Waals surface area (Å²) in [4.78, 5) is 38.5. The number of nitrogens with one attached hydrogen (secondary N) is 2. The van der Waals surface area contributed by atoms with E-state index >= 15 is 0 Å². The lowest BCUT2D eigenvalue weighted by Crippen LogP contribution is -2.41. The average Bonchev–Trinajstić information content (AvgIpc) is 3.06. The standard InChI is InChI=1S/C20H26N4O4S/c1-14(26)21-18-22-17(13-29-18)10-7-15-5-8-16(9-6-15)23-24(11-12-25)19(27)28-20(2,3)4/h5-6,8-9,12-13,23H,7,10-11H2,1-4H3,(H,21,22,26). The van der Waals surface area contributed by atoms with Crippen LogP contribution in [0.2, 0.25) is 0 Å². The van der Waals surface area contributed by atoms with Crippen LogP contribution in [0.15, 0.2) is 29.6 Å². The van der Waals surface area contributed by atoms with Crippen molar-refractivity contribution >= 4 is 40.4 Å². The Balaban J connectivity index is 1.92. The number of aldehydes is 1. The molecule has 29 heavy (non-hydrogen) atoms. The van der Waals surface area contributed by atoms with Gasteiger partial charge in [-0.25, -0.2) is 14.8 Å². The number of carbonyl (C=O) groups is 3. The van der Waals surface area contributed by atoms with E-state index in [1.165, 1.54) is 18.3 Å². The molecule has 0 unspecified atom stereocenters. The fourth-order valence-corrected chi connectivity index (χ4v) is 3.15. The van der Waals surface area contributed by atoms with Crippen molar-refractivity contribution < 1.29 is 19.1 Å². The highest BCUT2D eigenvalue weighted by molar-refractivity contribution is 7.13. The molecular weight excluding hydrogens is 392 g/mol. The molecule has 1 aromatic carbocycles. The summed E-state index contributed by atoms with van der Waals surface area (Å²) in [7, 11) is 0. The van der Waals surface area contributed by atoms with Crippen LogP contribution in [0.5, 0.6) is 0 Å². The zero-order valence-corrected chi connectivity index (χ0v) is 17.8. The minimum absolute atomic E-state index is 0.128. The molecule has 2 rings (SSSR count). The number of carbonyl (C=O) groups excluding carboxylic acids is 3. The molecule has 2 N–H and O–H groups in total. The van der Waals surface area contributed by atoms with Gasteiger partial charge in [-0.05, 0) is 51.3 Å². The highest BCUT2D eigenvalue weighted by Gasteiger charge is 2.22. The highest BCUT2D eigenvalue weighted by atomic mass is 32.1. The Labute approximate surface area is 174 Å². The van der Waals surface area contributed by atoms with Gasteiger partial charge in [-0.2, -0.15) is 0 Å². The Morgan fingerprint density at radius 3 is 2.48 bits per heavy atom. The van der Waals surface area contributed by atoms with Gasteiger partial charge in [-0.15, -0.1) is 11.3 Å². The van der Waals surface area contributed by atoms with Crippen molar-refractivity contribution in [3.05, 3.63) is 40.9 Å². The first-order valence-corrected chi connectivity index (χ1v) is 10.1. The minimum Gasteiger partial charge on any atom is -0.442 e. The molecule has 2 amide bonds. The summed E-state index contributed by atoms with van der Waals surface area (Å²) in [5, 5.41) is 6.34. The Hall–Kier alpha value is -2.94. The number of ether oxygens (including phenoxy) is 1. The second-order valence-corrected chi connectivity index (χ2v) is 8.25. The molecule has 156 valence electrons. The van der Waals surface area contributed by atoms with E-state index < -0.39 is 11.7 Å². The average molecular weight is 419 g/mol. The van der Waals surface area contributed by atoms with E-state index in [1.54, 1.807) is 20.8 Å². The molecule has 1 aromatic heterocycles. The van der Waals surface area contributed by atoms with Crippen LogP contribution < -0.4 is 10.7 Å². The van der Waals surface area contributed by atoms with Gasteiger partial charge in [-0.3, -0.25) is 10.2 Å². The third kappa shape index (κ3) is 7.90. The fourth-order valence-electron chi connectivity index (χ4n) is 2.36. The highest BCUT2D eigenvalue weighted by Crippen LogP contribution is 2.18. The summed E-state index contributed by atoms with van der Waals surface area (Å²) in [5.74, 6) is -0.135. The first-order valence-electron chi connectivity index (χ1n) is 9.18. The number of hydrazine groups is 1. The SMILES string of the molecule is CC(=O)Nc1nc(CCc2ccc(NN(CC=O)C(=O)OC(C)(C)C)cc2)cs1. The van der Waals surface area contributed by atoms with E-state index in [0.29, 0.717) is 17.1 Å². The molecule has 2 aromatic rings. The molecule has 0 saturated heterocycles. The van der Waals surface area contributed by atoms with E-state index in [1.807, 2.05) is 29.6 Å². The van der Waals surface area contributed by atoms with Gasteiger partial charge in [0.25, 0.3) is 0 Å². The number of aromatic nitrogens is 1. The van der Waals surface area contributed by atoms with Gasteiger partial charge in [0.2, 0.25) is 5.91 Å². The second-order valence-electron chi connectivity index (χ2n) is 7.39. The Bertz CT molecular complexity index is 843. The van der Waals surface area contributed by atoms with Crippen LogP contribution in [0.1, 0.15) is 39.0 Å². The monoisotopic (exact) mass is 418 g/mol. The van der Waals surface area contributed by atoms with Crippen molar-refractivity contribution in [3.63, 3.8) is 0 Å². The lowest BCUT2D eigenvalue weighted by atomic mass is 10.1. The summed E-state index contributed by atoms with van der Waals surface area (Å²) >= 11 is 1.40. The van der Waals surface area contributed by atoms with Crippen LogP contribution in [0.4, 0.5) is 15.6 Å². The molecule has 0 radical (unpaired) electrons. The van der Waals surface area contributed by atoms with Gasteiger partial charge in [0, 0.05) is 12.3 Å². The predicted octanol–water partition coefficient (Wildman–Crippen LogP) is 3.65. The molecule has 1 heterocycles. The molecular formula is C20H26N4O4S. The molecule has 0 spiro atoms. The molecule has 0 aliphatic rings. The van der Waals surface area contributed by atoms with Crippen molar-refractivity contribution in [3.8, 4) is 0 Å². The smallest absolute Gasteiger partial charge is 0.429 e. The summed E-state index contributed by atoms with van der Waals surface area (Å²) < 4.78 is 5.30. The number of hydrogen-bond donors (Lipinski definition) is 2. The van der Waals surface area contributed by atoms with Crippen molar-refractivity contribution in [2.75, 3.05) is 17.3 Å². The van der Waals surface area contributed by atoms with Gasteiger partial charge >= 0.3 is 6.09 Å². The molecule has 0 bridgehead atoms. The second kappa shape index (κ2) is 10.0. The summed E-state index contributed by atoms with van der Waals surface area (Å²) in [6.45, 7) is 6.62. The number of rotatable bonds is 8. The molecule has 9 heteroatoms. The van der Waals surface area contributed by atoms with Gasteiger partial charge in [-0.1, -0.05) is 12.1 Å². The molecule has 8 nitrogen and oxygen atoms in total. The van der Waals surface area contributed by atoms with Crippen molar-refractivity contribution in [2.45, 2.75) is 46.1 Å². The number of thiazole rings is 1. The van der Waals surface area contributed by atoms with Crippen LogP contribution in [-0.4, -0.2) is 40.4 Å². The molecule has 0 atom stereocenters. The molecule has 0 saturated carbocycles. The Kier molecular flexibility index (Phi) is 7.72. The summed E-state index contributed by atoms with van der Waals surface area (Å²) in [6, 6.07) is 7.55. The lowest BCUT2D eigenvalue weighted by molar-refractivity contribution is -0.114. The summed E-state index contributed by atoms with van der Waals surface area (Å²) in [5.41, 5.74) is 4.94. The van der Waals surface area contributed by atoms with E-state index in [9.17, 15) is 14.4 Å². The van der Waals surface area contributed by atoms with Crippen LogP contribution in [0.3, 0.4) is 0 Å². The fraction of sp³-hybridized carbons (Fsp3) is 0.400. The third-order valence-electron chi connectivity index (χ3n) is 3.59. The number of hydrogen-bond acceptors (Lipinski definition) is 7. The maximum absolute atomic E-state index is 12.2. The summed E-state index contributed by atoms with van der Waals surface area (Å²) in [6.07, 6.45) is 1.55. The van der Waals surface area contributed by atoms with Gasteiger partial charge in [0.1, 0.15) is 18.4 Å². The van der Waals surface area contributed by atoms with Crippen molar-refractivity contribution in [1.29, 1.82) is 0 Å². The molecule has 0 fully saturated rings. The quantitative estimate of drug-likeness (QED) is 0.501.